The summed E-state index contributed by atoms with van der Waals surface area (Å²) in [6.07, 6.45) is 0. The van der Waals surface area contributed by atoms with Gasteiger partial charge >= 0.3 is 0 Å². The molecule has 2 N–H and O–H groups in total. The van der Waals surface area contributed by atoms with E-state index in [4.69, 9.17) is 10.5 Å². The summed E-state index contributed by atoms with van der Waals surface area (Å²) in [5.41, 5.74) is 7.16. The summed E-state index contributed by atoms with van der Waals surface area (Å²) >= 11 is 0. The van der Waals surface area contributed by atoms with Crippen LogP contribution in [-0.2, 0) is 5.41 Å². The number of nitrogens with two attached hydrogens (primary N) is 1. The van der Waals surface area contributed by atoms with E-state index in [1.54, 1.807) is 7.11 Å². The Bertz CT molecular complexity index is 322. The molecule has 1 aromatic rings. The van der Waals surface area contributed by atoms with Crippen LogP contribution in [0.25, 0.3) is 0 Å². The molecule has 2 nitrogen and oxygen atoms in total. The third-order valence-corrected chi connectivity index (χ3v) is 3.43. The minimum atomic E-state index is 0.0224. The third kappa shape index (κ3) is 2.32. The van der Waals surface area contributed by atoms with E-state index in [1.807, 2.05) is 12.1 Å². The Balaban J connectivity index is 3.12. The average Bonchev–Trinajstić information content (AvgIpc) is 2.27. The minimum absolute atomic E-state index is 0.0224. The SMILES string of the molecule is COc1cccc(C(C)(CN)C(C)C)c1. The lowest BCUT2D eigenvalue weighted by Gasteiger charge is -2.33. The highest BCUT2D eigenvalue weighted by atomic mass is 16.5. The van der Waals surface area contributed by atoms with Crippen molar-refractivity contribution in [1.29, 1.82) is 0 Å². The maximum absolute atomic E-state index is 5.89. The van der Waals surface area contributed by atoms with Crippen LogP contribution in [0.1, 0.15) is 26.3 Å². The van der Waals surface area contributed by atoms with Crippen molar-refractivity contribution in [3.8, 4) is 5.75 Å². The van der Waals surface area contributed by atoms with E-state index < -0.39 is 0 Å². The molecule has 0 aliphatic heterocycles. The third-order valence-electron chi connectivity index (χ3n) is 3.43. The van der Waals surface area contributed by atoms with Crippen LogP contribution in [0.3, 0.4) is 0 Å². The molecule has 15 heavy (non-hydrogen) atoms. The van der Waals surface area contributed by atoms with Gasteiger partial charge < -0.3 is 10.5 Å². The lowest BCUT2D eigenvalue weighted by Crippen LogP contribution is -2.37. The van der Waals surface area contributed by atoms with Gasteiger partial charge in [-0.2, -0.15) is 0 Å². The van der Waals surface area contributed by atoms with E-state index in [2.05, 4.69) is 32.9 Å². The first-order valence-electron chi connectivity index (χ1n) is 5.39. The number of ether oxygens (including phenoxy) is 1. The summed E-state index contributed by atoms with van der Waals surface area (Å²) in [6.45, 7) is 7.25. The number of hydrogen-bond donors (Lipinski definition) is 1. The van der Waals surface area contributed by atoms with Crippen molar-refractivity contribution in [1.82, 2.24) is 0 Å². The lowest BCUT2D eigenvalue weighted by atomic mass is 9.73. The quantitative estimate of drug-likeness (QED) is 0.823. The average molecular weight is 207 g/mol. The second-order valence-electron chi connectivity index (χ2n) is 4.51. The summed E-state index contributed by atoms with van der Waals surface area (Å²) in [7, 11) is 1.69. The zero-order chi connectivity index (χ0) is 11.5. The maximum Gasteiger partial charge on any atom is 0.119 e. The zero-order valence-electron chi connectivity index (χ0n) is 10.1. The highest BCUT2D eigenvalue weighted by Gasteiger charge is 2.28. The standard InChI is InChI=1S/C13H21NO/c1-10(2)13(3,9-14)11-6-5-7-12(8-11)15-4/h5-8,10H,9,14H2,1-4H3. The first kappa shape index (κ1) is 12.1. The van der Waals surface area contributed by atoms with Gasteiger partial charge in [-0.15, -0.1) is 0 Å². The van der Waals surface area contributed by atoms with Crippen LogP contribution in [0.2, 0.25) is 0 Å². The van der Waals surface area contributed by atoms with Gasteiger partial charge in [-0.1, -0.05) is 32.9 Å². The maximum atomic E-state index is 5.89. The molecule has 1 aromatic carbocycles. The molecule has 0 aliphatic carbocycles. The first-order chi connectivity index (χ1) is 7.04. The molecule has 1 unspecified atom stereocenters. The van der Waals surface area contributed by atoms with Gasteiger partial charge in [-0.05, 0) is 23.6 Å². The van der Waals surface area contributed by atoms with Gasteiger partial charge in [-0.3, -0.25) is 0 Å². The highest BCUT2D eigenvalue weighted by Crippen LogP contribution is 2.32. The molecule has 1 rings (SSSR count). The normalized spacial score (nSPS) is 15.1. The van der Waals surface area contributed by atoms with Crippen molar-refractivity contribution < 1.29 is 4.74 Å². The van der Waals surface area contributed by atoms with Crippen LogP contribution in [0.4, 0.5) is 0 Å². The topological polar surface area (TPSA) is 35.2 Å². The van der Waals surface area contributed by atoms with Gasteiger partial charge in [0.05, 0.1) is 7.11 Å². The van der Waals surface area contributed by atoms with Crippen LogP contribution in [0.5, 0.6) is 5.75 Å². The van der Waals surface area contributed by atoms with Gasteiger partial charge in [0.2, 0.25) is 0 Å². The van der Waals surface area contributed by atoms with Crippen molar-refractivity contribution >= 4 is 0 Å². The number of hydrogen-bond acceptors (Lipinski definition) is 2. The Morgan fingerprint density at radius 2 is 2.07 bits per heavy atom. The molecule has 0 aromatic heterocycles. The van der Waals surface area contributed by atoms with Crippen molar-refractivity contribution in [3.05, 3.63) is 29.8 Å². The second kappa shape index (κ2) is 4.67. The van der Waals surface area contributed by atoms with E-state index in [0.29, 0.717) is 12.5 Å². The lowest BCUT2D eigenvalue weighted by molar-refractivity contribution is 0.344. The predicted octanol–water partition coefficient (Wildman–Crippen LogP) is 2.57. The summed E-state index contributed by atoms with van der Waals surface area (Å²) in [5, 5.41) is 0. The van der Waals surface area contributed by atoms with Gasteiger partial charge in [0, 0.05) is 12.0 Å². The van der Waals surface area contributed by atoms with Crippen LogP contribution in [-0.4, -0.2) is 13.7 Å². The summed E-state index contributed by atoms with van der Waals surface area (Å²) in [5.74, 6) is 1.41. The monoisotopic (exact) mass is 207 g/mol. The number of rotatable bonds is 4. The Kier molecular flexibility index (Phi) is 3.75. The molecule has 0 aliphatic rings. The van der Waals surface area contributed by atoms with Crippen LogP contribution in [0, 0.1) is 5.92 Å². The smallest absolute Gasteiger partial charge is 0.119 e. The summed E-state index contributed by atoms with van der Waals surface area (Å²) in [6, 6.07) is 8.17. The highest BCUT2D eigenvalue weighted by molar-refractivity contribution is 5.34. The molecule has 0 saturated carbocycles. The van der Waals surface area contributed by atoms with Gasteiger partial charge in [-0.25, -0.2) is 0 Å². The number of benzene rings is 1. The van der Waals surface area contributed by atoms with Gasteiger partial charge in [0.15, 0.2) is 0 Å². The van der Waals surface area contributed by atoms with E-state index in [-0.39, 0.29) is 5.41 Å². The van der Waals surface area contributed by atoms with Crippen LogP contribution >= 0.6 is 0 Å². The molecule has 0 spiro atoms. The fourth-order valence-corrected chi connectivity index (χ4v) is 1.67. The molecule has 0 radical (unpaired) electrons. The Morgan fingerprint density at radius 1 is 1.40 bits per heavy atom. The molecule has 0 fully saturated rings. The minimum Gasteiger partial charge on any atom is -0.497 e. The number of methoxy groups -OCH3 is 1. The largest absolute Gasteiger partial charge is 0.497 e. The van der Waals surface area contributed by atoms with Crippen molar-refractivity contribution in [2.24, 2.45) is 11.7 Å². The summed E-state index contributed by atoms with van der Waals surface area (Å²) in [4.78, 5) is 0. The second-order valence-corrected chi connectivity index (χ2v) is 4.51. The van der Waals surface area contributed by atoms with Crippen LogP contribution in [0.15, 0.2) is 24.3 Å². The molecule has 1 atom stereocenters. The van der Waals surface area contributed by atoms with Crippen molar-refractivity contribution in [2.75, 3.05) is 13.7 Å². The van der Waals surface area contributed by atoms with Gasteiger partial charge in [0.1, 0.15) is 5.75 Å². The molecule has 0 saturated heterocycles. The molecule has 84 valence electrons. The van der Waals surface area contributed by atoms with Gasteiger partial charge in [0.25, 0.3) is 0 Å². The van der Waals surface area contributed by atoms with E-state index >= 15 is 0 Å². The summed E-state index contributed by atoms with van der Waals surface area (Å²) < 4.78 is 5.23. The molecule has 0 heterocycles. The molecule has 2 heteroatoms. The van der Waals surface area contributed by atoms with E-state index in [9.17, 15) is 0 Å². The Labute approximate surface area is 92.4 Å². The fourth-order valence-electron chi connectivity index (χ4n) is 1.67. The van der Waals surface area contributed by atoms with E-state index in [1.165, 1.54) is 5.56 Å². The Morgan fingerprint density at radius 3 is 2.53 bits per heavy atom. The molecular formula is C13H21NO. The van der Waals surface area contributed by atoms with Crippen molar-refractivity contribution in [2.45, 2.75) is 26.2 Å². The Hall–Kier alpha value is -1.02. The zero-order valence-corrected chi connectivity index (χ0v) is 10.1. The molecule has 0 amide bonds. The molecular weight excluding hydrogens is 186 g/mol. The molecule has 0 bridgehead atoms. The van der Waals surface area contributed by atoms with Crippen molar-refractivity contribution in [3.63, 3.8) is 0 Å². The van der Waals surface area contributed by atoms with Crippen LogP contribution < -0.4 is 10.5 Å². The van der Waals surface area contributed by atoms with E-state index in [0.717, 1.165) is 5.75 Å². The fraction of sp³-hybridized carbons (Fsp3) is 0.538. The first-order valence-corrected chi connectivity index (χ1v) is 5.39. The predicted molar refractivity (Wildman–Crippen MR) is 64.2 cm³/mol.